The maximum Gasteiger partial charge on any atom is 0.406 e. The van der Waals surface area contributed by atoms with E-state index >= 15 is 0 Å². The van der Waals surface area contributed by atoms with Gasteiger partial charge in [0.05, 0.1) is 13.2 Å². The van der Waals surface area contributed by atoms with E-state index in [1.165, 1.54) is 57.8 Å². The molecule has 0 unspecified atom stereocenters. The highest BCUT2D eigenvalue weighted by molar-refractivity contribution is 5.66. The molecule has 2 amide bonds. The minimum atomic E-state index is -0.308. The third kappa shape index (κ3) is 16.4. The zero-order chi connectivity index (χ0) is 20.9. The average Bonchev–Trinajstić information content (AvgIpc) is 3.28. The number of carbonyl (C=O) groups is 2. The Labute approximate surface area is 167 Å². The van der Waals surface area contributed by atoms with E-state index in [0.29, 0.717) is 25.0 Å². The van der Waals surface area contributed by atoms with E-state index in [0.717, 1.165) is 0 Å². The molecule has 2 fully saturated rings. The number of rotatable bonds is 4. The first-order valence-electron chi connectivity index (χ1n) is 10.8. The molecule has 0 aromatic rings. The van der Waals surface area contributed by atoms with Crippen molar-refractivity contribution < 1.29 is 19.1 Å². The van der Waals surface area contributed by atoms with Crippen LogP contribution < -0.4 is 10.6 Å². The molecule has 2 aliphatic rings. The van der Waals surface area contributed by atoms with E-state index in [1.54, 1.807) is 14.1 Å². The lowest BCUT2D eigenvalue weighted by Gasteiger charge is -2.20. The van der Waals surface area contributed by atoms with E-state index < -0.39 is 0 Å². The second kappa shape index (κ2) is 20.8. The second-order valence-electron chi connectivity index (χ2n) is 6.35. The lowest BCUT2D eigenvalue weighted by Crippen LogP contribution is -2.23. The molecule has 2 N–H and O–H groups in total. The normalized spacial score (nSPS) is 16.2. The molecule has 6 nitrogen and oxygen atoms in total. The van der Waals surface area contributed by atoms with Gasteiger partial charge >= 0.3 is 12.2 Å². The molecule has 0 spiro atoms. The zero-order valence-corrected chi connectivity index (χ0v) is 18.6. The van der Waals surface area contributed by atoms with E-state index in [4.69, 9.17) is 9.47 Å². The first kappa shape index (κ1) is 27.8. The molecule has 0 radical (unpaired) electrons. The fraction of sp³-hybridized carbons (Fsp3) is 0.905. The molecular weight excluding hydrogens is 344 g/mol. The Bertz CT molecular complexity index is 339. The van der Waals surface area contributed by atoms with Gasteiger partial charge in [-0.1, -0.05) is 59.8 Å². The third-order valence-corrected chi connectivity index (χ3v) is 4.51. The van der Waals surface area contributed by atoms with E-state index in [9.17, 15) is 9.59 Å². The molecule has 0 bridgehead atoms. The fourth-order valence-electron chi connectivity index (χ4n) is 3.06. The van der Waals surface area contributed by atoms with Crippen LogP contribution in [0, 0.1) is 11.8 Å². The van der Waals surface area contributed by atoms with E-state index in [1.807, 2.05) is 27.7 Å². The molecule has 6 heteroatoms. The largest absolute Gasteiger partial charge is 0.449 e. The molecule has 2 aliphatic carbocycles. The standard InChI is InChI=1S/C9H17NO2.C8H15NO2.2C2H6/c1-10-9(11)12-7-8-5-3-2-4-6-8;1-9-8(10)11-6-7-4-2-3-5-7;2*1-2/h8H,2-7H2,1H3,(H,10,11);7H,2-6H2,1H3,(H,9,10);2*1-2H3. The fourth-order valence-corrected chi connectivity index (χ4v) is 3.06. The van der Waals surface area contributed by atoms with Crippen molar-refractivity contribution in [1.82, 2.24) is 10.6 Å². The number of amides is 2. The van der Waals surface area contributed by atoms with Crippen LogP contribution in [0.1, 0.15) is 85.5 Å². The SMILES string of the molecule is CC.CC.CNC(=O)OCC1CCCC1.CNC(=O)OCC1CCCCC1. The molecule has 0 heterocycles. The van der Waals surface area contributed by atoms with Gasteiger partial charge in [0.2, 0.25) is 0 Å². The number of carbonyl (C=O) groups excluding carboxylic acids is 2. The average molecular weight is 389 g/mol. The Morgan fingerprint density at radius 2 is 0.963 bits per heavy atom. The lowest BCUT2D eigenvalue weighted by molar-refractivity contribution is 0.118. The molecule has 2 saturated carbocycles. The number of alkyl carbamates (subject to hydrolysis) is 2. The quantitative estimate of drug-likeness (QED) is 0.666. The van der Waals surface area contributed by atoms with Crippen LogP contribution in [0.2, 0.25) is 0 Å². The molecular formula is C21H44N2O4. The van der Waals surface area contributed by atoms with Crippen molar-refractivity contribution in [3.8, 4) is 0 Å². The number of hydrogen-bond acceptors (Lipinski definition) is 4. The van der Waals surface area contributed by atoms with Crippen LogP contribution >= 0.6 is 0 Å². The van der Waals surface area contributed by atoms with Crippen molar-refractivity contribution in [3.63, 3.8) is 0 Å². The van der Waals surface area contributed by atoms with Gasteiger partial charge in [0.25, 0.3) is 0 Å². The maximum atomic E-state index is 10.7. The predicted octanol–water partition coefficient (Wildman–Crippen LogP) is 5.51. The molecule has 0 saturated heterocycles. The summed E-state index contributed by atoms with van der Waals surface area (Å²) in [5.41, 5.74) is 0. The summed E-state index contributed by atoms with van der Waals surface area (Å²) in [4.78, 5) is 21.4. The number of hydrogen-bond donors (Lipinski definition) is 2. The maximum absolute atomic E-state index is 10.7. The summed E-state index contributed by atoms with van der Waals surface area (Å²) in [7, 11) is 3.17. The Morgan fingerprint density at radius 3 is 1.26 bits per heavy atom. The van der Waals surface area contributed by atoms with Gasteiger partial charge in [-0.15, -0.1) is 0 Å². The highest BCUT2D eigenvalue weighted by Crippen LogP contribution is 2.24. The van der Waals surface area contributed by atoms with Gasteiger partial charge in [0.1, 0.15) is 0 Å². The minimum absolute atomic E-state index is 0.305. The summed E-state index contributed by atoms with van der Waals surface area (Å²) < 4.78 is 9.91. The molecule has 162 valence electrons. The first-order valence-corrected chi connectivity index (χ1v) is 10.8. The van der Waals surface area contributed by atoms with E-state index in [2.05, 4.69) is 10.6 Å². The van der Waals surface area contributed by atoms with Gasteiger partial charge in [-0.2, -0.15) is 0 Å². The van der Waals surface area contributed by atoms with Crippen LogP contribution in [0.5, 0.6) is 0 Å². The van der Waals surface area contributed by atoms with Crippen LogP contribution in [-0.4, -0.2) is 39.5 Å². The number of nitrogens with one attached hydrogen (secondary N) is 2. The monoisotopic (exact) mass is 388 g/mol. The van der Waals surface area contributed by atoms with Gasteiger partial charge in [-0.25, -0.2) is 9.59 Å². The Hall–Kier alpha value is -1.46. The Balaban J connectivity index is 0. The number of ether oxygens (including phenoxy) is 2. The second-order valence-corrected chi connectivity index (χ2v) is 6.35. The highest BCUT2D eigenvalue weighted by atomic mass is 16.6. The van der Waals surface area contributed by atoms with Gasteiger partial charge in [-0.05, 0) is 37.5 Å². The topological polar surface area (TPSA) is 76.7 Å². The summed E-state index contributed by atoms with van der Waals surface area (Å²) in [6.45, 7) is 9.19. The summed E-state index contributed by atoms with van der Waals surface area (Å²) >= 11 is 0. The van der Waals surface area contributed by atoms with Crippen LogP contribution in [0.25, 0.3) is 0 Å². The zero-order valence-electron chi connectivity index (χ0n) is 18.6. The van der Waals surface area contributed by atoms with Crippen LogP contribution in [-0.2, 0) is 9.47 Å². The lowest BCUT2D eigenvalue weighted by atomic mass is 9.90. The van der Waals surface area contributed by atoms with Crippen molar-refractivity contribution >= 4 is 12.2 Å². The Kier molecular flexibility index (Phi) is 21.4. The van der Waals surface area contributed by atoms with Crippen molar-refractivity contribution in [2.45, 2.75) is 85.5 Å². The van der Waals surface area contributed by atoms with Gasteiger partial charge in [0.15, 0.2) is 0 Å². The van der Waals surface area contributed by atoms with Crippen LogP contribution in [0.15, 0.2) is 0 Å². The summed E-state index contributed by atoms with van der Waals surface area (Å²) in [6.07, 6.45) is 10.8. The van der Waals surface area contributed by atoms with Gasteiger partial charge < -0.3 is 20.1 Å². The summed E-state index contributed by atoms with van der Waals surface area (Å²) in [5.74, 6) is 1.23. The molecule has 27 heavy (non-hydrogen) atoms. The minimum Gasteiger partial charge on any atom is -0.449 e. The molecule has 0 atom stereocenters. The van der Waals surface area contributed by atoms with E-state index in [-0.39, 0.29) is 12.2 Å². The third-order valence-electron chi connectivity index (χ3n) is 4.51. The van der Waals surface area contributed by atoms with Gasteiger partial charge in [0, 0.05) is 14.1 Å². The smallest absolute Gasteiger partial charge is 0.406 e. The molecule has 0 aromatic carbocycles. The van der Waals surface area contributed by atoms with Crippen molar-refractivity contribution in [2.75, 3.05) is 27.3 Å². The highest BCUT2D eigenvalue weighted by Gasteiger charge is 2.16. The van der Waals surface area contributed by atoms with Crippen molar-refractivity contribution in [2.24, 2.45) is 11.8 Å². The van der Waals surface area contributed by atoms with Gasteiger partial charge in [-0.3, -0.25) is 0 Å². The molecule has 2 rings (SSSR count). The van der Waals surface area contributed by atoms with Crippen molar-refractivity contribution in [3.05, 3.63) is 0 Å². The summed E-state index contributed by atoms with van der Waals surface area (Å²) in [5, 5.41) is 4.87. The molecule has 0 aliphatic heterocycles. The molecule has 0 aromatic heterocycles. The van der Waals surface area contributed by atoms with Crippen LogP contribution in [0.4, 0.5) is 9.59 Å². The Morgan fingerprint density at radius 1 is 0.667 bits per heavy atom. The predicted molar refractivity (Wildman–Crippen MR) is 112 cm³/mol. The van der Waals surface area contributed by atoms with Crippen LogP contribution in [0.3, 0.4) is 0 Å². The summed E-state index contributed by atoms with van der Waals surface area (Å²) in [6, 6.07) is 0. The van der Waals surface area contributed by atoms with Crippen molar-refractivity contribution in [1.29, 1.82) is 0 Å². The first-order chi connectivity index (χ1) is 13.2.